The molecule has 2 aromatic carbocycles. The lowest BCUT2D eigenvalue weighted by atomic mass is 10.1. The van der Waals surface area contributed by atoms with E-state index in [2.05, 4.69) is 0 Å². The minimum atomic E-state index is -0.181. The Morgan fingerprint density at radius 3 is 2.71 bits per heavy atom. The second-order valence-electron chi connectivity index (χ2n) is 5.19. The van der Waals surface area contributed by atoms with Crippen molar-refractivity contribution in [1.29, 1.82) is 0 Å². The van der Waals surface area contributed by atoms with E-state index >= 15 is 0 Å². The van der Waals surface area contributed by atoms with Gasteiger partial charge in [0.2, 0.25) is 5.78 Å². The number of rotatable bonds is 6. The Kier molecular flexibility index (Phi) is 4.66. The number of ether oxygens (including phenoxy) is 2. The summed E-state index contributed by atoms with van der Waals surface area (Å²) in [7, 11) is 1.60. The molecule has 3 rings (SSSR count). The van der Waals surface area contributed by atoms with Gasteiger partial charge >= 0.3 is 0 Å². The Labute approximate surface area is 140 Å². The van der Waals surface area contributed by atoms with Gasteiger partial charge in [0, 0.05) is 5.39 Å². The number of hydrogen-bond donors (Lipinski definition) is 0. The van der Waals surface area contributed by atoms with Crippen LogP contribution in [0.5, 0.6) is 11.5 Å². The highest BCUT2D eigenvalue weighted by Gasteiger charge is 2.09. The second kappa shape index (κ2) is 7.04. The van der Waals surface area contributed by atoms with Gasteiger partial charge in [-0.2, -0.15) is 0 Å². The number of allylic oxidation sites excluding steroid dienone is 1. The van der Waals surface area contributed by atoms with E-state index in [1.165, 1.54) is 6.08 Å². The normalized spacial score (nSPS) is 11.1. The number of para-hydroxylation sites is 1. The fraction of sp³-hybridized carbons (Fsp3) is 0.150. The first-order chi connectivity index (χ1) is 11.7. The van der Waals surface area contributed by atoms with E-state index in [4.69, 9.17) is 13.9 Å². The summed E-state index contributed by atoms with van der Waals surface area (Å²) in [5.74, 6) is 1.46. The molecule has 0 fully saturated rings. The van der Waals surface area contributed by atoms with Crippen LogP contribution in [0.25, 0.3) is 17.0 Å². The van der Waals surface area contributed by atoms with Gasteiger partial charge in [0.15, 0.2) is 17.3 Å². The number of carbonyl (C=O) groups is 1. The zero-order valence-corrected chi connectivity index (χ0v) is 13.6. The predicted octanol–water partition coefficient (Wildman–Crippen LogP) is 4.74. The van der Waals surface area contributed by atoms with Gasteiger partial charge in [-0.05, 0) is 42.8 Å². The third-order valence-electron chi connectivity index (χ3n) is 3.58. The van der Waals surface area contributed by atoms with Crippen molar-refractivity contribution in [2.24, 2.45) is 0 Å². The van der Waals surface area contributed by atoms with Crippen molar-refractivity contribution in [1.82, 2.24) is 0 Å². The van der Waals surface area contributed by atoms with Crippen molar-refractivity contribution in [3.05, 3.63) is 65.9 Å². The monoisotopic (exact) mass is 322 g/mol. The van der Waals surface area contributed by atoms with Crippen LogP contribution in [0.3, 0.4) is 0 Å². The van der Waals surface area contributed by atoms with Gasteiger partial charge in [-0.15, -0.1) is 0 Å². The molecule has 24 heavy (non-hydrogen) atoms. The van der Waals surface area contributed by atoms with E-state index in [9.17, 15) is 4.79 Å². The Hall–Kier alpha value is -3.01. The predicted molar refractivity (Wildman–Crippen MR) is 93.7 cm³/mol. The average molecular weight is 322 g/mol. The Balaban J connectivity index is 1.81. The number of hydrogen-bond acceptors (Lipinski definition) is 4. The number of ketones is 1. The molecule has 0 saturated carbocycles. The smallest absolute Gasteiger partial charge is 0.221 e. The summed E-state index contributed by atoms with van der Waals surface area (Å²) < 4.78 is 16.4. The lowest BCUT2D eigenvalue weighted by Gasteiger charge is -2.09. The zero-order valence-electron chi connectivity index (χ0n) is 13.6. The first-order valence-corrected chi connectivity index (χ1v) is 7.73. The molecule has 0 radical (unpaired) electrons. The number of furan rings is 1. The Morgan fingerprint density at radius 1 is 1.12 bits per heavy atom. The summed E-state index contributed by atoms with van der Waals surface area (Å²) in [6.45, 7) is 2.45. The van der Waals surface area contributed by atoms with E-state index in [1.54, 1.807) is 19.3 Å². The van der Waals surface area contributed by atoms with E-state index < -0.39 is 0 Å². The highest BCUT2D eigenvalue weighted by molar-refractivity contribution is 6.06. The minimum Gasteiger partial charge on any atom is -0.493 e. The standard InChI is InChI=1S/C20H18O4/c1-3-23-20-12-14(9-11-18(20)22-2)8-10-16(21)19-13-15-6-4-5-7-17(15)24-19/h4-13H,3H2,1-2H3/b10-8+. The molecule has 0 saturated heterocycles. The summed E-state index contributed by atoms with van der Waals surface area (Å²) in [4.78, 5) is 12.3. The van der Waals surface area contributed by atoms with Crippen LogP contribution in [0.2, 0.25) is 0 Å². The van der Waals surface area contributed by atoms with Crippen molar-refractivity contribution in [3.8, 4) is 11.5 Å². The molecule has 122 valence electrons. The molecule has 1 aromatic heterocycles. The maximum absolute atomic E-state index is 12.3. The van der Waals surface area contributed by atoms with E-state index in [0.29, 0.717) is 29.4 Å². The van der Waals surface area contributed by atoms with Gasteiger partial charge in [-0.1, -0.05) is 30.3 Å². The Morgan fingerprint density at radius 2 is 1.96 bits per heavy atom. The fourth-order valence-electron chi connectivity index (χ4n) is 2.42. The molecular weight excluding hydrogens is 304 g/mol. The van der Waals surface area contributed by atoms with Crippen LogP contribution in [0.4, 0.5) is 0 Å². The topological polar surface area (TPSA) is 48.7 Å². The van der Waals surface area contributed by atoms with Crippen LogP contribution in [-0.4, -0.2) is 19.5 Å². The van der Waals surface area contributed by atoms with Crippen molar-refractivity contribution >= 4 is 22.8 Å². The van der Waals surface area contributed by atoms with Crippen LogP contribution >= 0.6 is 0 Å². The largest absolute Gasteiger partial charge is 0.493 e. The molecule has 0 aliphatic rings. The molecule has 0 amide bonds. The minimum absolute atomic E-state index is 0.181. The molecule has 0 spiro atoms. The van der Waals surface area contributed by atoms with Gasteiger partial charge in [-0.3, -0.25) is 4.79 Å². The van der Waals surface area contributed by atoms with Crippen molar-refractivity contribution < 1.29 is 18.7 Å². The number of carbonyl (C=O) groups excluding carboxylic acids is 1. The van der Waals surface area contributed by atoms with Gasteiger partial charge in [-0.25, -0.2) is 0 Å². The Bertz CT molecular complexity index is 857. The summed E-state index contributed by atoms with van der Waals surface area (Å²) in [5.41, 5.74) is 1.56. The maximum Gasteiger partial charge on any atom is 0.221 e. The zero-order chi connectivity index (χ0) is 16.9. The van der Waals surface area contributed by atoms with E-state index in [1.807, 2.05) is 49.4 Å². The fourth-order valence-corrected chi connectivity index (χ4v) is 2.42. The van der Waals surface area contributed by atoms with Crippen LogP contribution in [0, 0.1) is 0 Å². The second-order valence-corrected chi connectivity index (χ2v) is 5.19. The van der Waals surface area contributed by atoms with Crippen LogP contribution in [-0.2, 0) is 0 Å². The van der Waals surface area contributed by atoms with Crippen molar-refractivity contribution in [3.63, 3.8) is 0 Å². The molecule has 0 bridgehead atoms. The molecule has 4 nitrogen and oxygen atoms in total. The van der Waals surface area contributed by atoms with Crippen LogP contribution < -0.4 is 9.47 Å². The highest BCUT2D eigenvalue weighted by Crippen LogP contribution is 2.28. The van der Waals surface area contributed by atoms with Gasteiger partial charge in [0.1, 0.15) is 5.58 Å². The molecule has 3 aromatic rings. The van der Waals surface area contributed by atoms with E-state index in [-0.39, 0.29) is 5.78 Å². The third kappa shape index (κ3) is 3.33. The summed E-state index contributed by atoms with van der Waals surface area (Å²) >= 11 is 0. The van der Waals surface area contributed by atoms with Crippen molar-refractivity contribution in [2.75, 3.05) is 13.7 Å². The molecule has 1 heterocycles. The lowest BCUT2D eigenvalue weighted by molar-refractivity contribution is 0.102. The summed E-state index contributed by atoms with van der Waals surface area (Å²) in [6, 6.07) is 14.8. The third-order valence-corrected chi connectivity index (χ3v) is 3.58. The van der Waals surface area contributed by atoms with Gasteiger partial charge < -0.3 is 13.9 Å². The molecule has 0 aliphatic heterocycles. The summed E-state index contributed by atoms with van der Waals surface area (Å²) in [6.07, 6.45) is 3.23. The molecule has 0 atom stereocenters. The van der Waals surface area contributed by atoms with E-state index in [0.717, 1.165) is 10.9 Å². The SMILES string of the molecule is CCOc1cc(/C=C/C(=O)c2cc3ccccc3o2)ccc1OC. The molecular formula is C20H18O4. The van der Waals surface area contributed by atoms with Gasteiger partial charge in [0.05, 0.1) is 13.7 Å². The van der Waals surface area contributed by atoms with Gasteiger partial charge in [0.25, 0.3) is 0 Å². The molecule has 0 unspecified atom stereocenters. The molecule has 4 heteroatoms. The lowest BCUT2D eigenvalue weighted by Crippen LogP contribution is -1.95. The molecule has 0 aliphatic carbocycles. The molecule has 0 N–H and O–H groups in total. The first kappa shape index (κ1) is 15.9. The maximum atomic E-state index is 12.3. The highest BCUT2D eigenvalue weighted by atomic mass is 16.5. The quantitative estimate of drug-likeness (QED) is 0.486. The van der Waals surface area contributed by atoms with Crippen LogP contribution in [0.1, 0.15) is 23.0 Å². The number of methoxy groups -OCH3 is 1. The summed E-state index contributed by atoms with van der Waals surface area (Å²) in [5, 5.41) is 0.914. The number of benzene rings is 2. The number of fused-ring (bicyclic) bond motifs is 1. The van der Waals surface area contributed by atoms with Crippen LogP contribution in [0.15, 0.2) is 59.0 Å². The van der Waals surface area contributed by atoms with Crippen molar-refractivity contribution in [2.45, 2.75) is 6.92 Å². The first-order valence-electron chi connectivity index (χ1n) is 7.73. The average Bonchev–Trinajstić information content (AvgIpc) is 3.04.